The Hall–Kier alpha value is -1.39. The van der Waals surface area contributed by atoms with Crippen molar-refractivity contribution in [2.24, 2.45) is 0 Å². The second-order valence-electron chi connectivity index (χ2n) is 6.00. The molecule has 4 heteroatoms. The van der Waals surface area contributed by atoms with E-state index >= 15 is 0 Å². The summed E-state index contributed by atoms with van der Waals surface area (Å²) in [6.07, 6.45) is 3.76. The number of amides is 1. The SMILES string of the molecule is Cc1cccc(C)c1NC(=O)CN(C)C[C@@H]1CCCCO1. The zero-order chi connectivity index (χ0) is 15.2. The smallest absolute Gasteiger partial charge is 0.238 e. The van der Waals surface area contributed by atoms with Crippen LogP contribution in [0.15, 0.2) is 18.2 Å². The summed E-state index contributed by atoms with van der Waals surface area (Å²) in [4.78, 5) is 14.2. The largest absolute Gasteiger partial charge is 0.377 e. The first-order chi connectivity index (χ1) is 10.1. The highest BCUT2D eigenvalue weighted by Crippen LogP contribution is 2.19. The normalized spacial score (nSPS) is 18.8. The van der Waals surface area contributed by atoms with E-state index in [1.807, 2.05) is 44.0 Å². The van der Waals surface area contributed by atoms with E-state index in [4.69, 9.17) is 4.74 Å². The Balaban J connectivity index is 1.83. The molecule has 1 aromatic carbocycles. The highest BCUT2D eigenvalue weighted by molar-refractivity contribution is 5.93. The Labute approximate surface area is 127 Å². The van der Waals surface area contributed by atoms with E-state index < -0.39 is 0 Å². The Morgan fingerprint density at radius 1 is 1.33 bits per heavy atom. The zero-order valence-corrected chi connectivity index (χ0v) is 13.3. The van der Waals surface area contributed by atoms with Gasteiger partial charge in [-0.15, -0.1) is 0 Å². The summed E-state index contributed by atoms with van der Waals surface area (Å²) >= 11 is 0. The van der Waals surface area contributed by atoms with Crippen LogP contribution in [-0.4, -0.2) is 43.7 Å². The number of hydrogen-bond donors (Lipinski definition) is 1. The van der Waals surface area contributed by atoms with E-state index in [-0.39, 0.29) is 12.0 Å². The predicted octanol–water partition coefficient (Wildman–Crippen LogP) is 2.74. The lowest BCUT2D eigenvalue weighted by molar-refractivity contribution is -0.117. The Bertz CT molecular complexity index is 461. The summed E-state index contributed by atoms with van der Waals surface area (Å²) in [7, 11) is 1.97. The van der Waals surface area contributed by atoms with Crippen molar-refractivity contribution < 1.29 is 9.53 Å². The molecule has 0 saturated carbocycles. The minimum absolute atomic E-state index is 0.0331. The molecule has 1 aromatic rings. The zero-order valence-electron chi connectivity index (χ0n) is 13.3. The first-order valence-electron chi connectivity index (χ1n) is 7.72. The molecule has 1 aliphatic rings. The molecule has 1 heterocycles. The summed E-state index contributed by atoms with van der Waals surface area (Å²) in [6, 6.07) is 6.04. The van der Waals surface area contributed by atoms with Crippen molar-refractivity contribution in [1.29, 1.82) is 0 Å². The van der Waals surface area contributed by atoms with Crippen LogP contribution in [0.25, 0.3) is 0 Å². The van der Waals surface area contributed by atoms with E-state index in [1.54, 1.807) is 0 Å². The van der Waals surface area contributed by atoms with Crippen LogP contribution in [0.2, 0.25) is 0 Å². The van der Waals surface area contributed by atoms with Crippen molar-refractivity contribution in [3.8, 4) is 0 Å². The Kier molecular flexibility index (Phi) is 5.76. The van der Waals surface area contributed by atoms with E-state index in [1.165, 1.54) is 6.42 Å². The summed E-state index contributed by atoms with van der Waals surface area (Å²) in [5.41, 5.74) is 3.13. The molecule has 0 radical (unpaired) electrons. The number of nitrogens with one attached hydrogen (secondary N) is 1. The second kappa shape index (κ2) is 7.57. The molecule has 1 N–H and O–H groups in total. The molecule has 21 heavy (non-hydrogen) atoms. The highest BCUT2D eigenvalue weighted by atomic mass is 16.5. The first kappa shape index (κ1) is 16.0. The molecule has 0 aliphatic carbocycles. The molecule has 4 nitrogen and oxygen atoms in total. The summed E-state index contributed by atoms with van der Waals surface area (Å²) < 4.78 is 5.71. The maximum Gasteiger partial charge on any atom is 0.238 e. The van der Waals surface area contributed by atoms with Gasteiger partial charge in [0.2, 0.25) is 5.91 Å². The van der Waals surface area contributed by atoms with Crippen LogP contribution >= 0.6 is 0 Å². The number of ether oxygens (including phenoxy) is 1. The molecule has 1 fully saturated rings. The average molecular weight is 290 g/mol. The monoisotopic (exact) mass is 290 g/mol. The maximum atomic E-state index is 12.2. The van der Waals surface area contributed by atoms with Crippen molar-refractivity contribution >= 4 is 11.6 Å². The van der Waals surface area contributed by atoms with Crippen LogP contribution < -0.4 is 5.32 Å². The maximum absolute atomic E-state index is 12.2. The fraction of sp³-hybridized carbons (Fsp3) is 0.588. The number of carbonyl (C=O) groups is 1. The molecule has 116 valence electrons. The molecule has 1 amide bonds. The fourth-order valence-corrected chi connectivity index (χ4v) is 2.80. The van der Waals surface area contributed by atoms with Crippen molar-refractivity contribution in [2.75, 3.05) is 32.1 Å². The number of rotatable bonds is 5. The van der Waals surface area contributed by atoms with Gasteiger partial charge in [0.25, 0.3) is 0 Å². The van der Waals surface area contributed by atoms with Gasteiger partial charge in [0, 0.05) is 18.8 Å². The quantitative estimate of drug-likeness (QED) is 0.906. The van der Waals surface area contributed by atoms with Gasteiger partial charge in [-0.1, -0.05) is 18.2 Å². The van der Waals surface area contributed by atoms with Crippen molar-refractivity contribution in [2.45, 2.75) is 39.2 Å². The van der Waals surface area contributed by atoms with Crippen LogP contribution in [0.1, 0.15) is 30.4 Å². The third kappa shape index (κ3) is 4.83. The van der Waals surface area contributed by atoms with Crippen LogP contribution in [0.3, 0.4) is 0 Å². The van der Waals surface area contributed by atoms with Crippen molar-refractivity contribution in [3.63, 3.8) is 0 Å². The van der Waals surface area contributed by atoms with Crippen molar-refractivity contribution in [1.82, 2.24) is 4.90 Å². The van der Waals surface area contributed by atoms with E-state index in [0.29, 0.717) is 6.54 Å². The lowest BCUT2D eigenvalue weighted by Gasteiger charge is -2.27. The van der Waals surface area contributed by atoms with Gasteiger partial charge >= 0.3 is 0 Å². The summed E-state index contributed by atoms with van der Waals surface area (Å²) in [5.74, 6) is 0.0331. The van der Waals surface area contributed by atoms with Gasteiger partial charge in [0.1, 0.15) is 0 Å². The number of anilines is 1. The number of hydrogen-bond acceptors (Lipinski definition) is 3. The van der Waals surface area contributed by atoms with Crippen LogP contribution in [0.4, 0.5) is 5.69 Å². The molecule has 1 atom stereocenters. The van der Waals surface area contributed by atoms with Gasteiger partial charge in [-0.25, -0.2) is 0 Å². The first-order valence-corrected chi connectivity index (χ1v) is 7.72. The predicted molar refractivity (Wildman–Crippen MR) is 85.6 cm³/mol. The summed E-state index contributed by atoms with van der Waals surface area (Å²) in [5, 5.41) is 3.03. The number of aryl methyl sites for hydroxylation is 2. The van der Waals surface area contributed by atoms with E-state index in [9.17, 15) is 4.79 Å². The number of nitrogens with zero attached hydrogens (tertiary/aromatic N) is 1. The standard InChI is InChI=1S/C17H26N2O2/c1-13-7-6-8-14(2)17(13)18-16(20)12-19(3)11-15-9-4-5-10-21-15/h6-8,15H,4-5,9-12H2,1-3H3,(H,18,20)/t15-/m0/s1. The number of carbonyl (C=O) groups excluding carboxylic acids is 1. The highest BCUT2D eigenvalue weighted by Gasteiger charge is 2.17. The summed E-state index contributed by atoms with van der Waals surface area (Å²) in [6.45, 7) is 6.10. The minimum Gasteiger partial charge on any atom is -0.377 e. The van der Waals surface area contributed by atoms with Gasteiger partial charge in [0.05, 0.1) is 12.6 Å². The molecule has 2 rings (SSSR count). The van der Waals surface area contributed by atoms with E-state index in [2.05, 4.69) is 5.32 Å². The van der Waals surface area contributed by atoms with E-state index in [0.717, 1.165) is 42.8 Å². The molecular weight excluding hydrogens is 264 g/mol. The minimum atomic E-state index is 0.0331. The topological polar surface area (TPSA) is 41.6 Å². The number of para-hydroxylation sites is 1. The van der Waals surface area contributed by atoms with Gasteiger partial charge in [-0.3, -0.25) is 9.69 Å². The van der Waals surface area contributed by atoms with Gasteiger partial charge < -0.3 is 10.1 Å². The van der Waals surface area contributed by atoms with Gasteiger partial charge in [-0.2, -0.15) is 0 Å². The third-order valence-electron chi connectivity index (χ3n) is 3.95. The van der Waals surface area contributed by atoms with Crippen LogP contribution in [0, 0.1) is 13.8 Å². The van der Waals surface area contributed by atoms with Gasteiger partial charge in [0.15, 0.2) is 0 Å². The van der Waals surface area contributed by atoms with Crippen LogP contribution in [-0.2, 0) is 9.53 Å². The fourth-order valence-electron chi connectivity index (χ4n) is 2.80. The molecule has 0 bridgehead atoms. The lowest BCUT2D eigenvalue weighted by atomic mass is 10.1. The van der Waals surface area contributed by atoms with Crippen LogP contribution in [0.5, 0.6) is 0 Å². The molecule has 0 unspecified atom stereocenters. The molecule has 0 aromatic heterocycles. The number of likely N-dealkylation sites (N-methyl/N-ethyl adjacent to an activating group) is 1. The third-order valence-corrected chi connectivity index (χ3v) is 3.95. The Morgan fingerprint density at radius 3 is 2.67 bits per heavy atom. The number of benzene rings is 1. The Morgan fingerprint density at radius 2 is 2.05 bits per heavy atom. The molecule has 1 aliphatic heterocycles. The lowest BCUT2D eigenvalue weighted by Crippen LogP contribution is -2.38. The van der Waals surface area contributed by atoms with Gasteiger partial charge in [-0.05, 0) is 51.3 Å². The second-order valence-corrected chi connectivity index (χ2v) is 6.00. The molecule has 0 spiro atoms. The molecule has 1 saturated heterocycles. The van der Waals surface area contributed by atoms with Crippen molar-refractivity contribution in [3.05, 3.63) is 29.3 Å². The average Bonchev–Trinajstić information content (AvgIpc) is 2.44. The molecular formula is C17H26N2O2.